The number of rotatable bonds is 5. The summed E-state index contributed by atoms with van der Waals surface area (Å²) >= 11 is 0. The van der Waals surface area contributed by atoms with Crippen LogP contribution in [0.3, 0.4) is 0 Å². The van der Waals surface area contributed by atoms with Crippen LogP contribution in [-0.2, 0) is 13.0 Å². The Bertz CT molecular complexity index is 550. The van der Waals surface area contributed by atoms with Crippen molar-refractivity contribution in [1.29, 1.82) is 0 Å². The number of nitrogens with zero attached hydrogens (tertiary/aromatic N) is 3. The van der Waals surface area contributed by atoms with Crippen molar-refractivity contribution in [2.45, 2.75) is 32.9 Å². The van der Waals surface area contributed by atoms with Gasteiger partial charge in [-0.2, -0.15) is 5.10 Å². The minimum Gasteiger partial charge on any atom is -0.313 e. The molecule has 1 unspecified atom stereocenters. The molecular formula is C14H19FN4. The first-order valence-corrected chi connectivity index (χ1v) is 6.45. The number of benzene rings is 1. The topological polar surface area (TPSA) is 42.7 Å². The standard InChI is InChI=1S/C14H19FN4/c1-4-19-14(17-9-18-19)8-13(16-3)11-5-6-12(15)10(2)7-11/h5-7,9,13,16H,4,8H2,1-3H3. The molecule has 2 rings (SSSR count). The number of likely N-dealkylation sites (N-methyl/N-ethyl adjacent to an activating group) is 1. The summed E-state index contributed by atoms with van der Waals surface area (Å²) in [5.41, 5.74) is 1.72. The van der Waals surface area contributed by atoms with E-state index in [0.717, 1.165) is 24.4 Å². The zero-order valence-electron chi connectivity index (χ0n) is 11.5. The molecule has 1 heterocycles. The number of hydrogen-bond acceptors (Lipinski definition) is 3. The van der Waals surface area contributed by atoms with E-state index in [4.69, 9.17) is 0 Å². The van der Waals surface area contributed by atoms with Gasteiger partial charge in [0, 0.05) is 19.0 Å². The lowest BCUT2D eigenvalue weighted by Gasteiger charge is -2.17. The second kappa shape index (κ2) is 5.93. The summed E-state index contributed by atoms with van der Waals surface area (Å²) in [6, 6.07) is 5.31. The van der Waals surface area contributed by atoms with Gasteiger partial charge in [0.1, 0.15) is 18.0 Å². The molecule has 0 saturated carbocycles. The van der Waals surface area contributed by atoms with Crippen LogP contribution in [0.2, 0.25) is 0 Å². The average molecular weight is 262 g/mol. The van der Waals surface area contributed by atoms with Gasteiger partial charge in [0.15, 0.2) is 0 Å². The molecule has 0 saturated heterocycles. The summed E-state index contributed by atoms with van der Waals surface area (Å²) in [5, 5.41) is 7.42. The first-order valence-electron chi connectivity index (χ1n) is 6.45. The molecule has 0 amide bonds. The van der Waals surface area contributed by atoms with Crippen molar-refractivity contribution in [2.24, 2.45) is 0 Å². The van der Waals surface area contributed by atoms with Gasteiger partial charge in [-0.1, -0.05) is 12.1 Å². The maximum Gasteiger partial charge on any atom is 0.138 e. The molecule has 0 aliphatic heterocycles. The van der Waals surface area contributed by atoms with Gasteiger partial charge in [0.25, 0.3) is 0 Å². The first kappa shape index (κ1) is 13.7. The molecule has 0 aliphatic carbocycles. The molecule has 0 fully saturated rings. The fraction of sp³-hybridized carbons (Fsp3) is 0.429. The molecule has 1 N–H and O–H groups in total. The van der Waals surface area contributed by atoms with E-state index in [1.165, 1.54) is 6.07 Å². The maximum atomic E-state index is 13.3. The number of aryl methyl sites for hydroxylation is 2. The molecule has 1 aromatic carbocycles. The van der Waals surface area contributed by atoms with Crippen LogP contribution in [0.25, 0.3) is 0 Å². The number of halogens is 1. The minimum absolute atomic E-state index is 0.105. The van der Waals surface area contributed by atoms with Gasteiger partial charge < -0.3 is 5.32 Å². The van der Waals surface area contributed by atoms with E-state index >= 15 is 0 Å². The Hall–Kier alpha value is -1.75. The van der Waals surface area contributed by atoms with E-state index in [2.05, 4.69) is 15.4 Å². The Morgan fingerprint density at radius 2 is 2.21 bits per heavy atom. The van der Waals surface area contributed by atoms with Crippen molar-refractivity contribution in [1.82, 2.24) is 20.1 Å². The van der Waals surface area contributed by atoms with Crippen molar-refractivity contribution < 1.29 is 4.39 Å². The summed E-state index contributed by atoms with van der Waals surface area (Å²) in [6.07, 6.45) is 2.30. The van der Waals surface area contributed by atoms with Crippen molar-refractivity contribution >= 4 is 0 Å². The molecule has 4 nitrogen and oxygen atoms in total. The SMILES string of the molecule is CCn1ncnc1CC(NC)c1ccc(F)c(C)c1. The monoisotopic (exact) mass is 262 g/mol. The Balaban J connectivity index is 2.22. The van der Waals surface area contributed by atoms with Gasteiger partial charge in [-0.15, -0.1) is 0 Å². The van der Waals surface area contributed by atoms with Crippen molar-refractivity contribution in [3.05, 3.63) is 47.3 Å². The molecule has 5 heteroatoms. The molecule has 19 heavy (non-hydrogen) atoms. The highest BCUT2D eigenvalue weighted by atomic mass is 19.1. The Kier molecular flexibility index (Phi) is 4.27. The van der Waals surface area contributed by atoms with Crippen LogP contribution in [-0.4, -0.2) is 21.8 Å². The lowest BCUT2D eigenvalue weighted by molar-refractivity contribution is 0.531. The van der Waals surface area contributed by atoms with Crippen LogP contribution in [0.1, 0.15) is 29.9 Å². The normalized spacial score (nSPS) is 12.6. The van der Waals surface area contributed by atoms with Gasteiger partial charge in [-0.05, 0) is 38.1 Å². The van der Waals surface area contributed by atoms with Crippen LogP contribution in [0.5, 0.6) is 0 Å². The van der Waals surface area contributed by atoms with E-state index in [1.54, 1.807) is 13.3 Å². The molecular weight excluding hydrogens is 243 g/mol. The fourth-order valence-electron chi connectivity index (χ4n) is 2.16. The Labute approximate surface area is 112 Å². The van der Waals surface area contributed by atoms with Crippen LogP contribution < -0.4 is 5.32 Å². The quantitative estimate of drug-likeness (QED) is 0.898. The predicted molar refractivity (Wildman–Crippen MR) is 72.3 cm³/mol. The number of hydrogen-bond donors (Lipinski definition) is 1. The second-order valence-corrected chi connectivity index (χ2v) is 4.55. The van der Waals surface area contributed by atoms with Crippen LogP contribution in [0.4, 0.5) is 4.39 Å². The van der Waals surface area contributed by atoms with Gasteiger partial charge in [-0.25, -0.2) is 9.37 Å². The highest BCUT2D eigenvalue weighted by Crippen LogP contribution is 2.19. The van der Waals surface area contributed by atoms with Gasteiger partial charge in [-0.3, -0.25) is 4.68 Å². The van der Waals surface area contributed by atoms with Crippen LogP contribution in [0.15, 0.2) is 24.5 Å². The fourth-order valence-corrected chi connectivity index (χ4v) is 2.16. The first-order chi connectivity index (χ1) is 9.15. The number of nitrogens with one attached hydrogen (secondary N) is 1. The highest BCUT2D eigenvalue weighted by molar-refractivity contribution is 5.27. The van der Waals surface area contributed by atoms with Crippen LogP contribution >= 0.6 is 0 Å². The Morgan fingerprint density at radius 3 is 2.84 bits per heavy atom. The van der Waals surface area contributed by atoms with Gasteiger partial charge in [0.2, 0.25) is 0 Å². The molecule has 0 radical (unpaired) electrons. The smallest absolute Gasteiger partial charge is 0.138 e. The summed E-state index contributed by atoms with van der Waals surface area (Å²) in [6.45, 7) is 4.61. The minimum atomic E-state index is -0.171. The second-order valence-electron chi connectivity index (χ2n) is 4.55. The van der Waals surface area contributed by atoms with Crippen LogP contribution in [0, 0.1) is 12.7 Å². The van der Waals surface area contributed by atoms with Gasteiger partial charge in [0.05, 0.1) is 0 Å². The summed E-state index contributed by atoms with van der Waals surface area (Å²) in [7, 11) is 1.90. The summed E-state index contributed by atoms with van der Waals surface area (Å²) in [4.78, 5) is 4.28. The van der Waals surface area contributed by atoms with E-state index in [-0.39, 0.29) is 11.9 Å². The molecule has 0 spiro atoms. The molecule has 2 aromatic rings. The molecule has 102 valence electrons. The zero-order chi connectivity index (χ0) is 13.8. The van der Waals surface area contributed by atoms with Crippen molar-refractivity contribution in [2.75, 3.05) is 7.05 Å². The molecule has 0 aliphatic rings. The molecule has 1 aromatic heterocycles. The summed E-state index contributed by atoms with van der Waals surface area (Å²) < 4.78 is 15.2. The third kappa shape index (κ3) is 2.98. The average Bonchev–Trinajstić information content (AvgIpc) is 2.86. The number of aromatic nitrogens is 3. The van der Waals surface area contributed by atoms with E-state index in [9.17, 15) is 4.39 Å². The highest BCUT2D eigenvalue weighted by Gasteiger charge is 2.14. The largest absolute Gasteiger partial charge is 0.313 e. The third-order valence-corrected chi connectivity index (χ3v) is 3.31. The Morgan fingerprint density at radius 1 is 1.42 bits per heavy atom. The molecule has 0 bridgehead atoms. The van der Waals surface area contributed by atoms with Crippen molar-refractivity contribution in [3.8, 4) is 0 Å². The molecule has 1 atom stereocenters. The lowest BCUT2D eigenvalue weighted by Crippen LogP contribution is -2.21. The van der Waals surface area contributed by atoms with E-state index < -0.39 is 0 Å². The zero-order valence-corrected chi connectivity index (χ0v) is 11.5. The van der Waals surface area contributed by atoms with Gasteiger partial charge >= 0.3 is 0 Å². The maximum absolute atomic E-state index is 13.3. The predicted octanol–water partition coefficient (Wildman–Crippen LogP) is 2.25. The van der Waals surface area contributed by atoms with Crippen molar-refractivity contribution in [3.63, 3.8) is 0 Å². The lowest BCUT2D eigenvalue weighted by atomic mass is 10.0. The van der Waals surface area contributed by atoms with E-state index in [0.29, 0.717) is 5.56 Å². The van der Waals surface area contributed by atoms with E-state index in [1.807, 2.05) is 30.8 Å². The summed E-state index contributed by atoms with van der Waals surface area (Å²) in [5.74, 6) is 0.763. The third-order valence-electron chi connectivity index (χ3n) is 3.31.